The smallest absolute Gasteiger partial charge is 0.325 e. The molecule has 7 nitrogen and oxygen atoms in total. The van der Waals surface area contributed by atoms with Crippen molar-refractivity contribution in [2.24, 2.45) is 17.6 Å². The lowest BCUT2D eigenvalue weighted by Gasteiger charge is -2.45. The van der Waals surface area contributed by atoms with Gasteiger partial charge in [-0.1, -0.05) is 30.7 Å². The second-order valence-electron chi connectivity index (χ2n) is 9.16. The van der Waals surface area contributed by atoms with Crippen LogP contribution in [0, 0.1) is 11.8 Å². The maximum Gasteiger partial charge on any atom is 0.325 e. The third-order valence-electron chi connectivity index (χ3n) is 7.43. The Balaban J connectivity index is 0.00000218. The molecule has 1 aliphatic heterocycles. The van der Waals surface area contributed by atoms with Gasteiger partial charge in [0.05, 0.1) is 0 Å². The second kappa shape index (κ2) is 7.85. The summed E-state index contributed by atoms with van der Waals surface area (Å²) in [5, 5.41) is 6.02. The molecule has 1 saturated heterocycles. The van der Waals surface area contributed by atoms with E-state index in [1.165, 1.54) is 6.42 Å². The number of carbonyl (C=O) groups is 3. The fourth-order valence-corrected chi connectivity index (χ4v) is 6.13. The molecule has 1 aromatic carbocycles. The number of urea groups is 1. The number of hydrogen-bond acceptors (Lipinski definition) is 4. The van der Waals surface area contributed by atoms with Crippen molar-refractivity contribution < 1.29 is 14.4 Å². The number of amides is 4. The Hall–Kier alpha value is -2.12. The van der Waals surface area contributed by atoms with E-state index in [1.807, 2.05) is 24.3 Å². The van der Waals surface area contributed by atoms with Gasteiger partial charge in [-0.2, -0.15) is 0 Å². The van der Waals surface area contributed by atoms with Crippen LogP contribution in [0.1, 0.15) is 49.7 Å². The van der Waals surface area contributed by atoms with Gasteiger partial charge in [0.15, 0.2) is 0 Å². The average Bonchev–Trinajstić information content (AvgIpc) is 3.16. The molecule has 1 aromatic rings. The summed E-state index contributed by atoms with van der Waals surface area (Å²) in [6, 6.07) is 7.56. The van der Waals surface area contributed by atoms with Crippen LogP contribution in [0.3, 0.4) is 0 Å². The lowest BCUT2D eigenvalue weighted by Crippen LogP contribution is -2.55. The van der Waals surface area contributed by atoms with Crippen molar-refractivity contribution in [2.75, 3.05) is 6.54 Å². The van der Waals surface area contributed by atoms with E-state index in [9.17, 15) is 14.4 Å². The van der Waals surface area contributed by atoms with Gasteiger partial charge < -0.3 is 16.4 Å². The van der Waals surface area contributed by atoms with E-state index < -0.39 is 11.6 Å². The summed E-state index contributed by atoms with van der Waals surface area (Å²) in [7, 11) is 0. The Bertz CT molecular complexity index is 864. The van der Waals surface area contributed by atoms with Gasteiger partial charge in [-0.3, -0.25) is 14.5 Å². The number of carbonyl (C=O) groups excluding carboxylic acids is 3. The zero-order valence-corrected chi connectivity index (χ0v) is 17.7. The predicted molar refractivity (Wildman–Crippen MR) is 114 cm³/mol. The molecule has 3 aliphatic carbocycles. The zero-order valence-electron chi connectivity index (χ0n) is 16.9. The monoisotopic (exact) mass is 432 g/mol. The largest absolute Gasteiger partial charge is 0.351 e. The van der Waals surface area contributed by atoms with Gasteiger partial charge in [-0.25, -0.2) is 4.79 Å². The first-order valence-electron chi connectivity index (χ1n) is 10.8. The van der Waals surface area contributed by atoms with Crippen LogP contribution in [0.25, 0.3) is 0 Å². The Morgan fingerprint density at radius 3 is 2.63 bits per heavy atom. The maximum atomic E-state index is 13.2. The SMILES string of the molecule is Cl.NC1CC2CCCC(C1)C2NC(=O)CN1C(=O)NC2(CCc3ccccc32)C1=O. The molecule has 3 unspecified atom stereocenters. The highest BCUT2D eigenvalue weighted by molar-refractivity contribution is 6.09. The molecule has 1 heterocycles. The quantitative estimate of drug-likeness (QED) is 0.633. The Kier molecular flexibility index (Phi) is 5.53. The number of fused-ring (bicyclic) bond motifs is 4. The highest BCUT2D eigenvalue weighted by Gasteiger charge is 2.55. The van der Waals surface area contributed by atoms with Crippen LogP contribution in [-0.2, 0) is 21.5 Å². The molecule has 4 aliphatic rings. The molecule has 3 atom stereocenters. The minimum atomic E-state index is -1.01. The number of nitrogens with one attached hydrogen (secondary N) is 2. The summed E-state index contributed by atoms with van der Waals surface area (Å²) in [6.45, 7) is -0.226. The number of benzene rings is 1. The van der Waals surface area contributed by atoms with Crippen molar-refractivity contribution in [3.63, 3.8) is 0 Å². The van der Waals surface area contributed by atoms with Gasteiger partial charge in [0.1, 0.15) is 12.1 Å². The first-order chi connectivity index (χ1) is 14.0. The van der Waals surface area contributed by atoms with Crippen molar-refractivity contribution in [3.05, 3.63) is 35.4 Å². The van der Waals surface area contributed by atoms with Crippen molar-refractivity contribution in [2.45, 2.75) is 62.6 Å². The van der Waals surface area contributed by atoms with Crippen molar-refractivity contribution in [1.29, 1.82) is 0 Å². The maximum absolute atomic E-state index is 13.2. The normalized spacial score (nSPS) is 34.4. The minimum Gasteiger partial charge on any atom is -0.351 e. The van der Waals surface area contributed by atoms with Crippen LogP contribution >= 0.6 is 12.4 Å². The molecule has 3 fully saturated rings. The third-order valence-corrected chi connectivity index (χ3v) is 7.43. The molecule has 0 radical (unpaired) electrons. The zero-order chi connectivity index (χ0) is 20.2. The van der Waals surface area contributed by atoms with Gasteiger partial charge in [0.25, 0.3) is 5.91 Å². The van der Waals surface area contributed by atoms with Gasteiger partial charge in [-0.05, 0) is 61.5 Å². The summed E-state index contributed by atoms with van der Waals surface area (Å²) >= 11 is 0. The van der Waals surface area contributed by atoms with Crippen LogP contribution in [0.4, 0.5) is 4.79 Å². The molecule has 2 saturated carbocycles. The number of aryl methyl sites for hydroxylation is 1. The van der Waals surface area contributed by atoms with Crippen LogP contribution in [-0.4, -0.2) is 41.4 Å². The van der Waals surface area contributed by atoms with Crippen LogP contribution in [0.5, 0.6) is 0 Å². The van der Waals surface area contributed by atoms with E-state index in [0.29, 0.717) is 18.3 Å². The van der Waals surface area contributed by atoms with Crippen LogP contribution in [0.15, 0.2) is 24.3 Å². The number of nitrogens with zero attached hydrogens (tertiary/aromatic N) is 1. The summed E-state index contributed by atoms with van der Waals surface area (Å²) in [5.41, 5.74) is 7.10. The number of nitrogens with two attached hydrogens (primary N) is 1. The molecule has 8 heteroatoms. The molecule has 4 amide bonds. The van der Waals surface area contributed by atoms with Crippen LogP contribution < -0.4 is 16.4 Å². The second-order valence-corrected chi connectivity index (χ2v) is 9.16. The lowest BCUT2D eigenvalue weighted by atomic mass is 9.67. The van der Waals surface area contributed by atoms with E-state index in [2.05, 4.69) is 10.6 Å². The number of rotatable bonds is 3. The topological polar surface area (TPSA) is 105 Å². The van der Waals surface area contributed by atoms with E-state index in [-0.39, 0.29) is 42.8 Å². The molecular weight excluding hydrogens is 404 g/mol. The number of hydrogen-bond donors (Lipinski definition) is 3. The highest BCUT2D eigenvalue weighted by atomic mass is 35.5. The highest BCUT2D eigenvalue weighted by Crippen LogP contribution is 2.42. The third kappa shape index (κ3) is 3.28. The first-order valence-corrected chi connectivity index (χ1v) is 10.8. The van der Waals surface area contributed by atoms with E-state index in [4.69, 9.17) is 5.73 Å². The molecule has 0 aromatic heterocycles. The summed E-state index contributed by atoms with van der Waals surface area (Å²) in [6.07, 6.45) is 6.50. The number of halogens is 1. The summed E-state index contributed by atoms with van der Waals surface area (Å²) < 4.78 is 0. The summed E-state index contributed by atoms with van der Waals surface area (Å²) in [5.74, 6) is 0.234. The number of imide groups is 1. The van der Waals surface area contributed by atoms with Gasteiger partial charge in [-0.15, -0.1) is 12.4 Å². The standard InChI is InChI=1S/C22H28N4O3.ClH/c23-16-10-14-5-3-6-15(11-16)19(14)24-18(27)12-26-20(28)22(25-21(26)29)9-8-13-4-1-2-7-17(13)22;/h1-2,4,7,14-16,19H,3,5-6,8-12,23H2,(H,24,27)(H,25,29);1H. The molecule has 162 valence electrons. The minimum absolute atomic E-state index is 0. The fraction of sp³-hybridized carbons (Fsp3) is 0.591. The molecule has 4 N–H and O–H groups in total. The average molecular weight is 433 g/mol. The van der Waals surface area contributed by atoms with Crippen molar-refractivity contribution >= 4 is 30.3 Å². The van der Waals surface area contributed by atoms with E-state index in [0.717, 1.165) is 48.1 Å². The fourth-order valence-electron chi connectivity index (χ4n) is 6.13. The Morgan fingerprint density at radius 2 is 1.90 bits per heavy atom. The van der Waals surface area contributed by atoms with Gasteiger partial charge in [0.2, 0.25) is 5.91 Å². The Labute approximate surface area is 182 Å². The molecule has 2 bridgehead atoms. The Morgan fingerprint density at radius 1 is 1.20 bits per heavy atom. The van der Waals surface area contributed by atoms with E-state index in [1.54, 1.807) is 0 Å². The van der Waals surface area contributed by atoms with Crippen LogP contribution in [0.2, 0.25) is 0 Å². The van der Waals surface area contributed by atoms with Gasteiger partial charge >= 0.3 is 6.03 Å². The van der Waals surface area contributed by atoms with Gasteiger partial charge in [0, 0.05) is 12.1 Å². The van der Waals surface area contributed by atoms with E-state index >= 15 is 0 Å². The van der Waals surface area contributed by atoms with Crippen molar-refractivity contribution in [1.82, 2.24) is 15.5 Å². The predicted octanol–water partition coefficient (Wildman–Crippen LogP) is 1.82. The molecular formula is C22H29ClN4O3. The molecule has 5 rings (SSSR count). The lowest BCUT2D eigenvalue weighted by molar-refractivity contribution is -0.135. The summed E-state index contributed by atoms with van der Waals surface area (Å²) in [4.78, 5) is 39.7. The van der Waals surface area contributed by atoms with Crippen molar-refractivity contribution in [3.8, 4) is 0 Å². The first kappa shape index (κ1) is 21.1. The molecule has 1 spiro atoms. The molecule has 30 heavy (non-hydrogen) atoms.